The zero-order chi connectivity index (χ0) is 17.1. The van der Waals surface area contributed by atoms with Crippen molar-refractivity contribution >= 4 is 17.3 Å². The Bertz CT molecular complexity index is 822. The predicted octanol–water partition coefficient (Wildman–Crippen LogP) is 4.63. The molecule has 0 radical (unpaired) electrons. The van der Waals surface area contributed by atoms with Gasteiger partial charge in [-0.3, -0.25) is 4.79 Å². The van der Waals surface area contributed by atoms with Gasteiger partial charge in [-0.25, -0.2) is 0 Å². The van der Waals surface area contributed by atoms with Crippen molar-refractivity contribution in [3.8, 4) is 11.1 Å². The highest BCUT2D eigenvalue weighted by Gasteiger charge is 2.30. The molecule has 122 valence electrons. The summed E-state index contributed by atoms with van der Waals surface area (Å²) in [6.07, 6.45) is -1.05. The second-order valence-electron chi connectivity index (χ2n) is 5.70. The molecule has 3 rings (SSSR count). The fourth-order valence-corrected chi connectivity index (χ4v) is 3.65. The fourth-order valence-electron chi connectivity index (χ4n) is 2.75. The van der Waals surface area contributed by atoms with E-state index in [2.05, 4.69) is 0 Å². The molecule has 0 unspecified atom stereocenters. The summed E-state index contributed by atoms with van der Waals surface area (Å²) in [4.78, 5) is 13.4. The minimum Gasteiger partial charge on any atom is -0.481 e. The Balaban J connectivity index is 1.90. The van der Waals surface area contributed by atoms with E-state index in [0.29, 0.717) is 10.4 Å². The lowest BCUT2D eigenvalue weighted by molar-refractivity contribution is -0.141. The van der Waals surface area contributed by atoms with Gasteiger partial charge in [0.1, 0.15) is 12.0 Å². The lowest BCUT2D eigenvalue weighted by atomic mass is 9.91. The first kappa shape index (κ1) is 16.4. The summed E-state index contributed by atoms with van der Waals surface area (Å²) in [5.41, 5.74) is 2.69. The highest BCUT2D eigenvalue weighted by Crippen LogP contribution is 2.35. The van der Waals surface area contributed by atoms with Gasteiger partial charge in [0.2, 0.25) is 0 Å². The van der Waals surface area contributed by atoms with E-state index >= 15 is 0 Å². The van der Waals surface area contributed by atoms with Crippen LogP contribution in [-0.4, -0.2) is 16.2 Å². The summed E-state index contributed by atoms with van der Waals surface area (Å²) in [5, 5.41) is 20.1. The van der Waals surface area contributed by atoms with Crippen LogP contribution in [0.3, 0.4) is 0 Å². The van der Waals surface area contributed by atoms with Crippen LogP contribution in [0.5, 0.6) is 0 Å². The first-order valence-corrected chi connectivity index (χ1v) is 8.50. The number of hydrogen-bond donors (Lipinski definition) is 2. The van der Waals surface area contributed by atoms with Crippen molar-refractivity contribution < 1.29 is 15.0 Å². The Morgan fingerprint density at radius 3 is 2.08 bits per heavy atom. The molecular formula is C20H18O3S. The zero-order valence-corrected chi connectivity index (χ0v) is 14.0. The van der Waals surface area contributed by atoms with E-state index in [0.717, 1.165) is 16.0 Å². The molecule has 3 aromatic rings. The Kier molecular flexibility index (Phi) is 4.79. The number of aliphatic hydroxyl groups is 1. The lowest BCUT2D eigenvalue weighted by Crippen LogP contribution is -2.19. The number of aliphatic carboxylic acids is 1. The molecule has 0 bridgehead atoms. The molecule has 1 aromatic heterocycles. The monoisotopic (exact) mass is 338 g/mol. The Morgan fingerprint density at radius 1 is 0.917 bits per heavy atom. The van der Waals surface area contributed by atoms with Crippen LogP contribution in [0.1, 0.15) is 27.3 Å². The molecule has 0 aliphatic rings. The van der Waals surface area contributed by atoms with Gasteiger partial charge < -0.3 is 10.2 Å². The van der Waals surface area contributed by atoms with E-state index in [9.17, 15) is 15.0 Å². The average molecular weight is 338 g/mol. The Labute approximate surface area is 144 Å². The van der Waals surface area contributed by atoms with Gasteiger partial charge in [-0.15, -0.1) is 11.3 Å². The van der Waals surface area contributed by atoms with Crippen LogP contribution in [0, 0.1) is 6.92 Å². The molecule has 2 atom stereocenters. The minimum absolute atomic E-state index is 0.598. The summed E-state index contributed by atoms with van der Waals surface area (Å²) in [7, 11) is 0. The van der Waals surface area contributed by atoms with Gasteiger partial charge in [-0.2, -0.15) is 0 Å². The van der Waals surface area contributed by atoms with Crippen molar-refractivity contribution in [2.45, 2.75) is 18.9 Å². The molecule has 0 aliphatic carbocycles. The Morgan fingerprint density at radius 2 is 1.54 bits per heavy atom. The second-order valence-corrected chi connectivity index (χ2v) is 7.02. The summed E-state index contributed by atoms with van der Waals surface area (Å²) in [5.74, 6) is -2.01. The van der Waals surface area contributed by atoms with Gasteiger partial charge in [0.15, 0.2) is 0 Å². The lowest BCUT2D eigenvalue weighted by Gasteiger charge is -2.19. The number of carbonyl (C=O) groups is 1. The maximum atomic E-state index is 11.7. The van der Waals surface area contributed by atoms with E-state index in [1.165, 1.54) is 11.3 Å². The zero-order valence-electron chi connectivity index (χ0n) is 13.2. The third-order valence-electron chi connectivity index (χ3n) is 4.01. The van der Waals surface area contributed by atoms with Crippen LogP contribution in [0.25, 0.3) is 11.1 Å². The van der Waals surface area contributed by atoms with Crippen molar-refractivity contribution in [3.05, 3.63) is 82.0 Å². The largest absolute Gasteiger partial charge is 0.481 e. The summed E-state index contributed by atoms with van der Waals surface area (Å²) in [6, 6.07) is 20.9. The molecule has 0 saturated carbocycles. The van der Waals surface area contributed by atoms with Crippen LogP contribution in [0.4, 0.5) is 0 Å². The van der Waals surface area contributed by atoms with E-state index in [-0.39, 0.29) is 0 Å². The van der Waals surface area contributed by atoms with Gasteiger partial charge in [-0.05, 0) is 35.7 Å². The number of carboxylic acid groups (broad SMARTS) is 1. The van der Waals surface area contributed by atoms with Crippen molar-refractivity contribution in [1.29, 1.82) is 0 Å². The smallest absolute Gasteiger partial charge is 0.314 e. The molecule has 1 heterocycles. The van der Waals surface area contributed by atoms with Crippen molar-refractivity contribution in [2.75, 3.05) is 0 Å². The number of aliphatic hydroxyl groups excluding tert-OH is 1. The van der Waals surface area contributed by atoms with Crippen LogP contribution < -0.4 is 0 Å². The molecule has 0 amide bonds. The van der Waals surface area contributed by atoms with Crippen molar-refractivity contribution in [3.63, 3.8) is 0 Å². The number of hydrogen-bond acceptors (Lipinski definition) is 3. The van der Waals surface area contributed by atoms with Gasteiger partial charge in [0, 0.05) is 9.75 Å². The summed E-state index contributed by atoms with van der Waals surface area (Å²) < 4.78 is 0. The molecule has 0 fully saturated rings. The number of thiophene rings is 1. The van der Waals surface area contributed by atoms with Crippen LogP contribution in [0.15, 0.2) is 66.7 Å². The maximum absolute atomic E-state index is 11.7. The van der Waals surface area contributed by atoms with Crippen molar-refractivity contribution in [2.24, 2.45) is 0 Å². The molecule has 4 heteroatoms. The van der Waals surface area contributed by atoms with E-state index in [4.69, 9.17) is 0 Å². The Hall–Kier alpha value is -2.43. The van der Waals surface area contributed by atoms with Crippen LogP contribution in [0.2, 0.25) is 0 Å². The minimum atomic E-state index is -1.05. The first-order chi connectivity index (χ1) is 11.6. The molecule has 2 N–H and O–H groups in total. The van der Waals surface area contributed by atoms with Crippen LogP contribution in [-0.2, 0) is 4.79 Å². The van der Waals surface area contributed by atoms with E-state index < -0.39 is 18.0 Å². The van der Waals surface area contributed by atoms with Crippen LogP contribution >= 0.6 is 11.3 Å². The molecule has 24 heavy (non-hydrogen) atoms. The third kappa shape index (κ3) is 3.40. The van der Waals surface area contributed by atoms with E-state index in [1.807, 2.05) is 55.5 Å². The molecule has 0 spiro atoms. The number of aryl methyl sites for hydroxylation is 1. The third-order valence-corrected chi connectivity index (χ3v) is 5.08. The molecule has 3 nitrogen and oxygen atoms in total. The van der Waals surface area contributed by atoms with Gasteiger partial charge in [0.25, 0.3) is 0 Å². The molecular weight excluding hydrogens is 320 g/mol. The summed E-state index contributed by atoms with van der Waals surface area (Å²) >= 11 is 1.42. The quantitative estimate of drug-likeness (QED) is 0.713. The maximum Gasteiger partial charge on any atom is 0.314 e. The van der Waals surface area contributed by atoms with Gasteiger partial charge >= 0.3 is 5.97 Å². The molecule has 0 saturated heterocycles. The standard InChI is InChI=1S/C20H18O3S/c1-13-7-12-17(24-13)19(21)18(20(22)23)16-10-8-15(9-11-16)14-5-3-2-4-6-14/h2-12,18-19,21H,1H3,(H,22,23)/t18-,19-/m1/s1. The summed E-state index contributed by atoms with van der Waals surface area (Å²) in [6.45, 7) is 1.94. The predicted molar refractivity (Wildman–Crippen MR) is 96.3 cm³/mol. The second kappa shape index (κ2) is 6.99. The van der Waals surface area contributed by atoms with Crippen molar-refractivity contribution in [1.82, 2.24) is 0 Å². The number of carboxylic acids is 1. The van der Waals surface area contributed by atoms with Gasteiger partial charge in [0.05, 0.1) is 0 Å². The fraction of sp³-hybridized carbons (Fsp3) is 0.150. The number of rotatable bonds is 5. The number of benzene rings is 2. The average Bonchev–Trinajstić information content (AvgIpc) is 3.03. The normalized spacial score (nSPS) is 13.4. The SMILES string of the molecule is Cc1ccc([C@@H](O)[C@H](C(=O)O)c2ccc(-c3ccccc3)cc2)s1. The highest BCUT2D eigenvalue weighted by atomic mass is 32.1. The van der Waals surface area contributed by atoms with E-state index in [1.54, 1.807) is 18.2 Å². The van der Waals surface area contributed by atoms with Gasteiger partial charge in [-0.1, -0.05) is 54.6 Å². The molecule has 2 aromatic carbocycles. The first-order valence-electron chi connectivity index (χ1n) is 7.69. The topological polar surface area (TPSA) is 57.5 Å². The molecule has 0 aliphatic heterocycles. The highest BCUT2D eigenvalue weighted by molar-refractivity contribution is 7.12.